The van der Waals surface area contributed by atoms with Crippen LogP contribution in [0, 0.1) is 0 Å². The van der Waals surface area contributed by atoms with Crippen LogP contribution in [-0.2, 0) is 16.1 Å². The molecule has 1 atom stereocenters. The molecule has 0 amide bonds. The van der Waals surface area contributed by atoms with Crippen LogP contribution in [0.4, 0.5) is 5.95 Å². The van der Waals surface area contributed by atoms with Crippen LogP contribution in [0.25, 0.3) is 0 Å². The smallest absolute Gasteiger partial charge is 0.338 e. The van der Waals surface area contributed by atoms with Gasteiger partial charge in [-0.05, 0) is 43.0 Å². The number of rotatable bonds is 12. The highest BCUT2D eigenvalue weighted by Crippen LogP contribution is 2.37. The second-order valence-electron chi connectivity index (χ2n) is 8.76. The molecule has 190 valence electrons. The molecule has 0 radical (unpaired) electrons. The largest absolute Gasteiger partial charge is 0.494 e. The number of unbranched alkanes of at least 4 members (excludes halogenated alkanes) is 2. The number of thioether (sulfide) groups is 1. The zero-order chi connectivity index (χ0) is 25.3. The van der Waals surface area contributed by atoms with E-state index in [0.717, 1.165) is 48.3 Å². The lowest BCUT2D eigenvalue weighted by Crippen LogP contribution is -2.29. The van der Waals surface area contributed by atoms with Gasteiger partial charge in [-0.3, -0.25) is 0 Å². The van der Waals surface area contributed by atoms with E-state index in [1.807, 2.05) is 61.5 Å². The molecule has 3 aromatic rings. The van der Waals surface area contributed by atoms with Crippen molar-refractivity contribution < 1.29 is 14.3 Å². The molecule has 0 aliphatic carbocycles. The Balaban J connectivity index is 1.61. The molecule has 1 aliphatic rings. The van der Waals surface area contributed by atoms with Crippen LogP contribution in [0.5, 0.6) is 5.75 Å². The van der Waals surface area contributed by atoms with Gasteiger partial charge < -0.3 is 14.8 Å². The minimum atomic E-state index is -0.456. The summed E-state index contributed by atoms with van der Waals surface area (Å²) >= 11 is 1.61. The predicted molar refractivity (Wildman–Crippen MR) is 143 cm³/mol. The topological polar surface area (TPSA) is 78.3 Å². The number of nitrogens with zero attached hydrogens (tertiary/aromatic N) is 3. The van der Waals surface area contributed by atoms with Crippen LogP contribution in [0.2, 0.25) is 0 Å². The quantitative estimate of drug-likeness (QED) is 0.173. The summed E-state index contributed by atoms with van der Waals surface area (Å²) in [5.41, 5.74) is 3.09. The molecular formula is C28H34N4O3S. The van der Waals surface area contributed by atoms with Gasteiger partial charge in [0.1, 0.15) is 18.4 Å². The average Bonchev–Trinajstić information content (AvgIpc) is 3.31. The number of anilines is 1. The van der Waals surface area contributed by atoms with Crippen molar-refractivity contribution in [2.75, 3.05) is 17.7 Å². The Bertz CT molecular complexity index is 1180. The number of allylic oxidation sites excluding steroid dienone is 1. The molecule has 1 unspecified atom stereocenters. The van der Waals surface area contributed by atoms with Gasteiger partial charge in [0.05, 0.1) is 12.2 Å². The standard InChI is InChI=1S/C28H34N4O3S/c1-4-6-10-17-34-23-15-13-22(14-16-23)25-24(26(33)35-19-21-11-8-7-9-12-21)20(3)29-27-30-28(31-32(25)27)36-18-5-2/h7-9,11-16,25H,4-6,10,17-19H2,1-3H3,(H,29,30,31). The molecule has 0 spiro atoms. The lowest BCUT2D eigenvalue weighted by atomic mass is 9.95. The lowest BCUT2D eigenvalue weighted by molar-refractivity contribution is -0.140. The Morgan fingerprint density at radius 3 is 2.56 bits per heavy atom. The summed E-state index contributed by atoms with van der Waals surface area (Å²) < 4.78 is 13.4. The maximum Gasteiger partial charge on any atom is 0.338 e. The first-order valence-corrected chi connectivity index (χ1v) is 13.6. The molecule has 1 N–H and O–H groups in total. The highest BCUT2D eigenvalue weighted by atomic mass is 32.2. The van der Waals surface area contributed by atoms with Gasteiger partial charge in [-0.15, -0.1) is 5.10 Å². The molecule has 0 saturated carbocycles. The first-order chi connectivity index (χ1) is 17.6. The number of hydrogen-bond donors (Lipinski definition) is 1. The monoisotopic (exact) mass is 506 g/mol. The maximum absolute atomic E-state index is 13.4. The molecule has 0 bridgehead atoms. The van der Waals surface area contributed by atoms with Gasteiger partial charge in [-0.1, -0.05) is 80.9 Å². The number of carbonyl (C=O) groups excluding carboxylic acids is 1. The number of aromatic nitrogens is 3. The molecule has 2 heterocycles. The Morgan fingerprint density at radius 2 is 1.83 bits per heavy atom. The molecule has 1 aromatic heterocycles. The Hall–Kier alpha value is -3.26. The van der Waals surface area contributed by atoms with Gasteiger partial charge in [0.15, 0.2) is 0 Å². The summed E-state index contributed by atoms with van der Waals surface area (Å²) in [6.45, 7) is 7.09. The number of esters is 1. The molecule has 2 aromatic carbocycles. The molecule has 0 saturated heterocycles. The van der Waals surface area contributed by atoms with E-state index in [-0.39, 0.29) is 12.6 Å². The first kappa shape index (κ1) is 25.8. The molecule has 7 nitrogen and oxygen atoms in total. The SMILES string of the molecule is CCCCCOc1ccc(C2C(C(=O)OCc3ccccc3)=C(C)Nc3nc(SCCC)nn32)cc1. The highest BCUT2D eigenvalue weighted by molar-refractivity contribution is 7.99. The van der Waals surface area contributed by atoms with Crippen molar-refractivity contribution in [3.63, 3.8) is 0 Å². The zero-order valence-electron chi connectivity index (χ0n) is 21.2. The van der Waals surface area contributed by atoms with Crippen molar-refractivity contribution in [2.45, 2.75) is 64.3 Å². The fourth-order valence-electron chi connectivity index (χ4n) is 4.05. The van der Waals surface area contributed by atoms with E-state index in [4.69, 9.17) is 14.6 Å². The number of nitrogens with one attached hydrogen (secondary N) is 1. The Labute approximate surface area is 217 Å². The number of carbonyl (C=O) groups is 1. The summed E-state index contributed by atoms with van der Waals surface area (Å²) in [4.78, 5) is 18.1. The van der Waals surface area contributed by atoms with Gasteiger partial charge >= 0.3 is 5.97 Å². The molecule has 36 heavy (non-hydrogen) atoms. The van der Waals surface area contributed by atoms with Crippen LogP contribution in [0.1, 0.15) is 63.6 Å². The van der Waals surface area contributed by atoms with E-state index >= 15 is 0 Å². The molecule has 8 heteroatoms. The van der Waals surface area contributed by atoms with Crippen LogP contribution < -0.4 is 10.1 Å². The Morgan fingerprint density at radius 1 is 1.06 bits per heavy atom. The normalized spacial score (nSPS) is 14.8. The second kappa shape index (κ2) is 12.6. The van der Waals surface area contributed by atoms with E-state index in [1.54, 1.807) is 16.4 Å². The average molecular weight is 507 g/mol. The molecular weight excluding hydrogens is 472 g/mol. The third-order valence-electron chi connectivity index (χ3n) is 5.91. The van der Waals surface area contributed by atoms with Gasteiger partial charge in [-0.25, -0.2) is 9.48 Å². The van der Waals surface area contributed by atoms with Crippen LogP contribution in [0.15, 0.2) is 71.0 Å². The highest BCUT2D eigenvalue weighted by Gasteiger charge is 2.35. The molecule has 4 rings (SSSR count). The van der Waals surface area contributed by atoms with Gasteiger partial charge in [0.2, 0.25) is 11.1 Å². The van der Waals surface area contributed by atoms with E-state index in [9.17, 15) is 4.79 Å². The first-order valence-electron chi connectivity index (χ1n) is 12.6. The molecule has 0 fully saturated rings. The van der Waals surface area contributed by atoms with E-state index < -0.39 is 6.04 Å². The fourth-order valence-corrected chi connectivity index (χ4v) is 4.73. The number of ether oxygens (including phenoxy) is 2. The fraction of sp³-hybridized carbons (Fsp3) is 0.393. The lowest BCUT2D eigenvalue weighted by Gasteiger charge is -2.28. The van der Waals surface area contributed by atoms with Crippen molar-refractivity contribution in [2.24, 2.45) is 0 Å². The minimum absolute atomic E-state index is 0.204. The van der Waals surface area contributed by atoms with Gasteiger partial charge in [-0.2, -0.15) is 4.98 Å². The second-order valence-corrected chi connectivity index (χ2v) is 9.83. The third kappa shape index (κ3) is 6.29. The van der Waals surface area contributed by atoms with E-state index in [2.05, 4.69) is 24.1 Å². The molecule has 1 aliphatic heterocycles. The van der Waals surface area contributed by atoms with Crippen molar-refractivity contribution in [3.8, 4) is 5.75 Å². The van der Waals surface area contributed by atoms with Crippen LogP contribution in [0.3, 0.4) is 0 Å². The summed E-state index contributed by atoms with van der Waals surface area (Å²) in [5.74, 6) is 1.99. The zero-order valence-corrected chi connectivity index (χ0v) is 22.0. The summed E-state index contributed by atoms with van der Waals surface area (Å²) in [6, 6.07) is 17.1. The number of hydrogen-bond acceptors (Lipinski definition) is 7. The minimum Gasteiger partial charge on any atom is -0.494 e. The van der Waals surface area contributed by atoms with Gasteiger partial charge in [0.25, 0.3) is 0 Å². The summed E-state index contributed by atoms with van der Waals surface area (Å²) in [6.07, 6.45) is 4.37. The summed E-state index contributed by atoms with van der Waals surface area (Å²) in [7, 11) is 0. The van der Waals surface area contributed by atoms with Crippen molar-refractivity contribution >= 4 is 23.7 Å². The van der Waals surface area contributed by atoms with E-state index in [1.165, 1.54) is 0 Å². The Kier molecular flexibility index (Phi) is 9.06. The van der Waals surface area contributed by atoms with E-state index in [0.29, 0.717) is 29.0 Å². The third-order valence-corrected chi connectivity index (χ3v) is 6.96. The van der Waals surface area contributed by atoms with Crippen molar-refractivity contribution in [1.82, 2.24) is 14.8 Å². The van der Waals surface area contributed by atoms with Crippen LogP contribution in [-0.4, -0.2) is 33.1 Å². The van der Waals surface area contributed by atoms with Crippen LogP contribution >= 0.6 is 11.8 Å². The van der Waals surface area contributed by atoms with Crippen molar-refractivity contribution in [3.05, 3.63) is 77.0 Å². The maximum atomic E-state index is 13.4. The predicted octanol–water partition coefficient (Wildman–Crippen LogP) is 6.38. The number of benzene rings is 2. The summed E-state index contributed by atoms with van der Waals surface area (Å²) in [5, 5.41) is 8.71. The van der Waals surface area contributed by atoms with Gasteiger partial charge in [0, 0.05) is 11.4 Å². The number of fused-ring (bicyclic) bond motifs is 1. The van der Waals surface area contributed by atoms with Crippen molar-refractivity contribution in [1.29, 1.82) is 0 Å².